The zero-order valence-corrected chi connectivity index (χ0v) is 27.0. The number of ketones is 1. The summed E-state index contributed by atoms with van der Waals surface area (Å²) in [5, 5.41) is 4.23. The molecule has 38 heavy (non-hydrogen) atoms. The number of nitrogens with one attached hydrogen (secondary N) is 1. The number of carbonyl (C=O) groups is 1. The Morgan fingerprint density at radius 3 is 2.89 bits per heavy atom. The number of aryl methyl sites for hydroxylation is 2. The van der Waals surface area contributed by atoms with E-state index >= 15 is 0 Å². The van der Waals surface area contributed by atoms with Crippen LogP contribution in [-0.4, -0.2) is 72.1 Å². The van der Waals surface area contributed by atoms with E-state index in [1.807, 2.05) is 13.1 Å². The van der Waals surface area contributed by atoms with Crippen LogP contribution in [0.5, 0.6) is 0 Å². The van der Waals surface area contributed by atoms with Gasteiger partial charge in [-0.1, -0.05) is 0 Å². The number of rotatable bonds is 6. The number of Topliss-reactive ketones (excluding diaryl/α,β-unsaturated/α-hetero) is 1. The van der Waals surface area contributed by atoms with Crippen molar-refractivity contribution in [3.05, 3.63) is 39.9 Å². The number of hydrogen-bond donors (Lipinski definition) is 2. The zero-order chi connectivity index (χ0) is 26.4. The van der Waals surface area contributed by atoms with Crippen molar-refractivity contribution >= 4 is 55.8 Å². The quantitative estimate of drug-likeness (QED) is 0.374. The van der Waals surface area contributed by atoms with E-state index in [2.05, 4.69) is 39.2 Å². The van der Waals surface area contributed by atoms with Gasteiger partial charge >= 0.3 is 208 Å². The fraction of sp³-hybridized carbons (Fsp3) is 0.633. The average Bonchev–Trinajstić information content (AvgIpc) is 3.42. The van der Waals surface area contributed by atoms with Gasteiger partial charge in [0.25, 0.3) is 0 Å². The minimum absolute atomic E-state index is 0.164. The Morgan fingerprint density at radius 1 is 1.32 bits per heavy atom. The van der Waals surface area contributed by atoms with Gasteiger partial charge in [-0.25, -0.2) is 4.98 Å². The smallest absolute Gasteiger partial charge is 0.100 e. The molecule has 3 N–H and O–H groups in total. The van der Waals surface area contributed by atoms with Crippen molar-refractivity contribution < 1.29 is 4.79 Å². The van der Waals surface area contributed by atoms with Crippen molar-refractivity contribution in [3.8, 4) is 0 Å². The van der Waals surface area contributed by atoms with Crippen molar-refractivity contribution in [1.82, 2.24) is 15.2 Å². The summed E-state index contributed by atoms with van der Waals surface area (Å²) < 4.78 is 1.57. The standard InChI is InChI=1S/C30H40N5OS.In/c1-19-17-33-29(37-19)34-27(31)8-6-22-16-26(36)30(2)10-9-23-24(28(22)30)7-5-21-4-3-20(15-25(21)23)18-35-13-11-32-12-14-35;/h4,15,17,22-24,28,32H,5-14,16,18H2,1-2H3,(H2,31,33,34);/t22-,23?,24?,28?,30-;/m1./s1. The van der Waals surface area contributed by atoms with Gasteiger partial charge < -0.3 is 0 Å². The van der Waals surface area contributed by atoms with Gasteiger partial charge in [0.15, 0.2) is 0 Å². The molecule has 4 aliphatic rings. The number of nitrogens with two attached hydrogens (primary N) is 1. The van der Waals surface area contributed by atoms with E-state index in [9.17, 15) is 4.79 Å². The van der Waals surface area contributed by atoms with Crippen molar-refractivity contribution in [1.29, 1.82) is 0 Å². The molecular weight excluding hydrogens is 593 g/mol. The molecule has 1 aliphatic heterocycles. The fourth-order valence-electron chi connectivity index (χ4n) is 8.17. The summed E-state index contributed by atoms with van der Waals surface area (Å²) in [5.74, 6) is 3.21. The predicted octanol–water partition coefficient (Wildman–Crippen LogP) is 3.77. The molecule has 1 saturated heterocycles. The summed E-state index contributed by atoms with van der Waals surface area (Å²) in [6.07, 6.45) is 8.84. The maximum Gasteiger partial charge on any atom is -0.100 e. The molecule has 2 aromatic rings. The Kier molecular flexibility index (Phi) is 7.80. The Balaban J connectivity index is 1.22. The van der Waals surface area contributed by atoms with Crippen molar-refractivity contribution in [2.24, 2.45) is 33.9 Å². The number of aromatic nitrogens is 1. The van der Waals surface area contributed by atoms with Gasteiger partial charge in [0.05, 0.1) is 0 Å². The summed E-state index contributed by atoms with van der Waals surface area (Å²) in [7, 11) is 0. The van der Waals surface area contributed by atoms with Crippen LogP contribution in [0.3, 0.4) is 0 Å². The number of amidine groups is 1. The molecule has 5 atom stereocenters. The van der Waals surface area contributed by atoms with Crippen LogP contribution < -0.4 is 14.4 Å². The molecule has 0 spiro atoms. The number of fused-ring (bicyclic) bond motifs is 5. The number of carbonyl (C=O) groups excluding carboxylic acids is 1. The zero-order valence-electron chi connectivity index (χ0n) is 22.8. The van der Waals surface area contributed by atoms with E-state index < -0.39 is 0 Å². The van der Waals surface area contributed by atoms with Crippen LogP contribution in [0.2, 0.25) is 0 Å². The summed E-state index contributed by atoms with van der Waals surface area (Å²) >= 11 is 2.76. The molecule has 6 nitrogen and oxygen atoms in total. The number of nitrogens with zero attached hydrogens (tertiary/aromatic N) is 3. The monoisotopic (exact) mass is 633 g/mol. The third-order valence-corrected chi connectivity index (χ3v) is 12.4. The number of hydrogen-bond acceptors (Lipinski definition) is 6. The molecule has 6 rings (SSSR count). The molecule has 3 unspecified atom stereocenters. The van der Waals surface area contributed by atoms with E-state index in [4.69, 9.17) is 5.73 Å². The Bertz CT molecular complexity index is 1240. The van der Waals surface area contributed by atoms with Gasteiger partial charge in [0.2, 0.25) is 5.13 Å². The molecule has 1 aromatic heterocycles. The van der Waals surface area contributed by atoms with E-state index in [1.165, 1.54) is 37.2 Å². The normalized spacial score (nSPS) is 31.6. The van der Waals surface area contributed by atoms with Crippen LogP contribution >= 0.6 is 11.3 Å². The summed E-state index contributed by atoms with van der Waals surface area (Å²) in [4.78, 5) is 26.1. The van der Waals surface area contributed by atoms with Crippen molar-refractivity contribution in [2.45, 2.75) is 71.3 Å². The summed E-state index contributed by atoms with van der Waals surface area (Å²) in [5.41, 5.74) is 11.0. The SMILES string of the molecule is Cc1cnc(N=C(N)CC[C@@H]2CC(=O)[C@@]3(C)CCC4c5cc(CN6CCNCC6)[c]([In])cc5CCC4C23)s1. The van der Waals surface area contributed by atoms with Gasteiger partial charge in [-0.2, -0.15) is 0 Å². The maximum atomic E-state index is 13.4. The first kappa shape index (κ1) is 27.0. The second kappa shape index (κ2) is 11.0. The molecule has 0 amide bonds. The van der Waals surface area contributed by atoms with Crippen LogP contribution in [0.25, 0.3) is 0 Å². The fourth-order valence-corrected chi connectivity index (χ4v) is 9.90. The van der Waals surface area contributed by atoms with Crippen LogP contribution in [0.15, 0.2) is 23.3 Å². The molecule has 2 heterocycles. The first-order valence-electron chi connectivity index (χ1n) is 14.4. The van der Waals surface area contributed by atoms with Gasteiger partial charge in [-0.15, -0.1) is 11.3 Å². The summed E-state index contributed by atoms with van der Waals surface area (Å²) in [6.45, 7) is 9.89. The Morgan fingerprint density at radius 2 is 2.13 bits per heavy atom. The molecule has 1 aromatic carbocycles. The average molecular weight is 634 g/mol. The van der Waals surface area contributed by atoms with E-state index in [1.54, 1.807) is 31.3 Å². The predicted molar refractivity (Wildman–Crippen MR) is 156 cm³/mol. The number of benzene rings is 1. The van der Waals surface area contributed by atoms with Crippen LogP contribution in [0.1, 0.15) is 72.9 Å². The largest absolute Gasteiger partial charge is 0.100 e. The van der Waals surface area contributed by atoms with Gasteiger partial charge in [0, 0.05) is 11.1 Å². The van der Waals surface area contributed by atoms with Crippen LogP contribution in [0.4, 0.5) is 5.13 Å². The van der Waals surface area contributed by atoms with E-state index in [0.29, 0.717) is 41.7 Å². The number of aliphatic imine (C=N–C) groups is 1. The molecule has 0 bridgehead atoms. The topological polar surface area (TPSA) is 83.6 Å². The minimum Gasteiger partial charge on any atom is -0.100 e. The van der Waals surface area contributed by atoms with E-state index in [-0.39, 0.29) is 5.41 Å². The van der Waals surface area contributed by atoms with Gasteiger partial charge in [-0.3, -0.25) is 0 Å². The Labute approximate surface area is 245 Å². The number of thiazole rings is 1. The molecule has 3 fully saturated rings. The molecule has 200 valence electrons. The first-order chi connectivity index (χ1) is 18.3. The second-order valence-electron chi connectivity index (χ2n) is 12.3. The van der Waals surface area contributed by atoms with Crippen molar-refractivity contribution in [2.75, 3.05) is 26.2 Å². The maximum absolute atomic E-state index is 13.4. The molecular formula is C30H40InN5OS. The van der Waals surface area contributed by atoms with Crippen molar-refractivity contribution in [3.63, 3.8) is 0 Å². The second-order valence-corrected chi connectivity index (χ2v) is 15.3. The van der Waals surface area contributed by atoms with Crippen LogP contribution in [0, 0.1) is 30.1 Å². The molecule has 8 heteroatoms. The minimum atomic E-state index is -0.164. The third-order valence-electron chi connectivity index (χ3n) is 10.1. The van der Waals surface area contributed by atoms with Gasteiger partial charge in [0.1, 0.15) is 0 Å². The van der Waals surface area contributed by atoms with Crippen LogP contribution in [-0.2, 0) is 17.8 Å². The molecule has 2 saturated carbocycles. The molecule has 3 aliphatic carbocycles. The summed E-state index contributed by atoms with van der Waals surface area (Å²) in [6, 6.07) is 5.15. The van der Waals surface area contributed by atoms with E-state index in [0.717, 1.165) is 68.4 Å². The van der Waals surface area contributed by atoms with Gasteiger partial charge in [-0.05, 0) is 6.92 Å². The molecule has 2 radical (unpaired) electrons. The first-order valence-corrected chi connectivity index (χ1v) is 16.9. The number of piperazine rings is 1. The third kappa shape index (κ3) is 5.15. The Hall–Kier alpha value is -1.22.